The van der Waals surface area contributed by atoms with Crippen molar-refractivity contribution in [2.24, 2.45) is 0 Å². The number of hydrogen-bond donors (Lipinski definition) is 1. The number of carbonyl (C=O) groups excluding carboxylic acids is 1. The summed E-state index contributed by atoms with van der Waals surface area (Å²) in [6, 6.07) is 9.83. The number of benzene rings is 2. The molecule has 1 N–H and O–H groups in total. The van der Waals surface area contributed by atoms with Crippen LogP contribution in [0, 0.1) is 0 Å². The van der Waals surface area contributed by atoms with Crippen LogP contribution < -0.4 is 10.1 Å². The average molecular weight is 391 g/mol. The summed E-state index contributed by atoms with van der Waals surface area (Å²) in [7, 11) is 0. The third-order valence-corrected chi connectivity index (χ3v) is 4.38. The number of halogens is 3. The number of ether oxygens (including phenoxy) is 1. The number of aryl methyl sites for hydroxylation is 1. The zero-order chi connectivity index (χ0) is 20.7. The van der Waals surface area contributed by atoms with Gasteiger partial charge >= 0.3 is 6.36 Å². The highest BCUT2D eigenvalue weighted by atomic mass is 19.4. The maximum atomic E-state index is 12.3. The highest BCUT2D eigenvalue weighted by Gasteiger charge is 2.31. The Morgan fingerprint density at radius 3 is 2.29 bits per heavy atom. The van der Waals surface area contributed by atoms with E-state index in [0.717, 1.165) is 41.5 Å². The van der Waals surface area contributed by atoms with E-state index in [1.165, 1.54) is 23.8 Å². The van der Waals surface area contributed by atoms with Crippen LogP contribution in [0.5, 0.6) is 5.75 Å². The van der Waals surface area contributed by atoms with Crippen LogP contribution in [0.2, 0.25) is 0 Å². The van der Waals surface area contributed by atoms with Gasteiger partial charge in [0, 0.05) is 6.54 Å². The highest BCUT2D eigenvalue weighted by Crippen LogP contribution is 2.30. The molecule has 2 aromatic rings. The molecule has 0 aliphatic carbocycles. The molecule has 0 aromatic heterocycles. The van der Waals surface area contributed by atoms with E-state index in [-0.39, 0.29) is 11.7 Å². The number of nitrogens with one attached hydrogen (secondary N) is 1. The minimum Gasteiger partial charge on any atom is -0.406 e. The first-order chi connectivity index (χ1) is 13.3. The van der Waals surface area contributed by atoms with Gasteiger partial charge in [-0.1, -0.05) is 45.0 Å². The van der Waals surface area contributed by atoms with Crippen molar-refractivity contribution in [2.45, 2.75) is 46.0 Å². The Kier molecular flexibility index (Phi) is 7.26. The Morgan fingerprint density at radius 2 is 1.75 bits per heavy atom. The zero-order valence-corrected chi connectivity index (χ0v) is 16.0. The fourth-order valence-electron chi connectivity index (χ4n) is 3.11. The lowest BCUT2D eigenvalue weighted by Gasteiger charge is -2.17. The van der Waals surface area contributed by atoms with Gasteiger partial charge in [0.05, 0.1) is 0 Å². The standard InChI is InChI=1S/C22H24F3NO2/c1-4-7-20-15(5-2)12-17(13-18(20)14-26-21(27)6-3)16-8-10-19(11-9-16)28-22(23,24)25/h6,8-13H,3-5,7,14H2,1-2H3,(H,26,27). The van der Waals surface area contributed by atoms with Crippen LogP contribution in [0.4, 0.5) is 13.2 Å². The molecule has 2 aromatic carbocycles. The van der Waals surface area contributed by atoms with Crippen molar-refractivity contribution in [3.8, 4) is 16.9 Å². The predicted molar refractivity (Wildman–Crippen MR) is 104 cm³/mol. The van der Waals surface area contributed by atoms with Gasteiger partial charge in [0.1, 0.15) is 5.75 Å². The fraction of sp³-hybridized carbons (Fsp3) is 0.318. The summed E-state index contributed by atoms with van der Waals surface area (Å²) in [5.74, 6) is -0.507. The van der Waals surface area contributed by atoms with Crippen LogP contribution in [-0.4, -0.2) is 12.3 Å². The van der Waals surface area contributed by atoms with Crippen LogP contribution in [-0.2, 0) is 24.2 Å². The molecule has 0 unspecified atom stereocenters. The van der Waals surface area contributed by atoms with Gasteiger partial charge in [-0.05, 0) is 64.9 Å². The maximum absolute atomic E-state index is 12.3. The van der Waals surface area contributed by atoms with Gasteiger partial charge in [-0.2, -0.15) is 0 Å². The van der Waals surface area contributed by atoms with Gasteiger partial charge in [-0.3, -0.25) is 4.79 Å². The molecule has 28 heavy (non-hydrogen) atoms. The minimum absolute atomic E-state index is 0.250. The van der Waals surface area contributed by atoms with Crippen LogP contribution in [0.1, 0.15) is 37.0 Å². The minimum atomic E-state index is -4.71. The Bertz CT molecular complexity index is 827. The third-order valence-electron chi connectivity index (χ3n) is 4.38. The van der Waals surface area contributed by atoms with Gasteiger partial charge in [0.25, 0.3) is 0 Å². The van der Waals surface area contributed by atoms with Crippen LogP contribution >= 0.6 is 0 Å². The molecule has 0 aliphatic heterocycles. The average Bonchev–Trinajstić information content (AvgIpc) is 2.66. The van der Waals surface area contributed by atoms with Gasteiger partial charge < -0.3 is 10.1 Å². The largest absolute Gasteiger partial charge is 0.573 e. The Balaban J connectivity index is 2.40. The van der Waals surface area contributed by atoms with Gasteiger partial charge in [0.2, 0.25) is 5.91 Å². The molecule has 0 spiro atoms. The molecule has 150 valence electrons. The summed E-state index contributed by atoms with van der Waals surface area (Å²) in [5, 5.41) is 2.81. The second kappa shape index (κ2) is 9.44. The maximum Gasteiger partial charge on any atom is 0.573 e. The summed E-state index contributed by atoms with van der Waals surface area (Å²) in [5.41, 5.74) is 5.04. The molecule has 0 saturated heterocycles. The molecule has 0 saturated carbocycles. The predicted octanol–water partition coefficient (Wildman–Crippen LogP) is 5.57. The molecule has 0 heterocycles. The van der Waals surface area contributed by atoms with Gasteiger partial charge in [0.15, 0.2) is 0 Å². The number of carbonyl (C=O) groups is 1. The number of hydrogen-bond acceptors (Lipinski definition) is 2. The quantitative estimate of drug-likeness (QED) is 0.598. The van der Waals surface area contributed by atoms with E-state index < -0.39 is 6.36 Å². The summed E-state index contributed by atoms with van der Waals surface area (Å²) in [6.07, 6.45) is -0.807. The van der Waals surface area contributed by atoms with E-state index in [2.05, 4.69) is 36.5 Å². The molecule has 0 radical (unpaired) electrons. The second-order valence-corrected chi connectivity index (χ2v) is 6.37. The van der Waals surface area contributed by atoms with Crippen LogP contribution in [0.15, 0.2) is 49.1 Å². The summed E-state index contributed by atoms with van der Waals surface area (Å²) in [4.78, 5) is 11.6. The number of rotatable bonds is 8. The molecule has 1 amide bonds. The van der Waals surface area contributed by atoms with Gasteiger partial charge in [-0.15, -0.1) is 13.2 Å². The Labute approximate surface area is 163 Å². The summed E-state index contributed by atoms with van der Waals surface area (Å²) in [6.45, 7) is 7.99. The lowest BCUT2D eigenvalue weighted by molar-refractivity contribution is -0.274. The molecular weight excluding hydrogens is 367 g/mol. The van der Waals surface area contributed by atoms with Crippen LogP contribution in [0.25, 0.3) is 11.1 Å². The molecule has 3 nitrogen and oxygen atoms in total. The smallest absolute Gasteiger partial charge is 0.406 e. The normalized spacial score (nSPS) is 11.2. The Morgan fingerprint density at radius 1 is 1.11 bits per heavy atom. The first-order valence-corrected chi connectivity index (χ1v) is 9.18. The van der Waals surface area contributed by atoms with Crippen LogP contribution in [0.3, 0.4) is 0 Å². The van der Waals surface area contributed by atoms with Crippen molar-refractivity contribution < 1.29 is 22.7 Å². The SMILES string of the molecule is C=CC(=O)NCc1cc(-c2ccc(OC(F)(F)F)cc2)cc(CC)c1CCC. The summed E-state index contributed by atoms with van der Waals surface area (Å²) < 4.78 is 41.0. The second-order valence-electron chi connectivity index (χ2n) is 6.37. The van der Waals surface area contributed by atoms with E-state index in [4.69, 9.17) is 0 Å². The van der Waals surface area contributed by atoms with E-state index in [1.54, 1.807) is 12.1 Å². The fourth-order valence-corrected chi connectivity index (χ4v) is 3.11. The molecule has 0 bridgehead atoms. The van der Waals surface area contributed by atoms with E-state index >= 15 is 0 Å². The molecule has 0 atom stereocenters. The van der Waals surface area contributed by atoms with Crippen molar-refractivity contribution >= 4 is 5.91 Å². The van der Waals surface area contributed by atoms with Crippen molar-refractivity contribution in [3.63, 3.8) is 0 Å². The molecule has 0 fully saturated rings. The van der Waals surface area contributed by atoms with Crippen molar-refractivity contribution in [1.29, 1.82) is 0 Å². The number of amides is 1. The zero-order valence-electron chi connectivity index (χ0n) is 16.0. The monoisotopic (exact) mass is 391 g/mol. The van der Waals surface area contributed by atoms with Crippen molar-refractivity contribution in [2.75, 3.05) is 0 Å². The first-order valence-electron chi connectivity index (χ1n) is 9.18. The third kappa shape index (κ3) is 5.87. The highest BCUT2D eigenvalue weighted by molar-refractivity contribution is 5.86. The van der Waals surface area contributed by atoms with E-state index in [1.807, 2.05) is 6.07 Å². The molecule has 2 rings (SSSR count). The number of alkyl halides is 3. The lowest BCUT2D eigenvalue weighted by Crippen LogP contribution is -2.21. The first kappa shape index (κ1) is 21.5. The van der Waals surface area contributed by atoms with Crippen molar-refractivity contribution in [1.82, 2.24) is 5.32 Å². The van der Waals surface area contributed by atoms with Gasteiger partial charge in [-0.25, -0.2) is 0 Å². The molecule has 6 heteroatoms. The summed E-state index contributed by atoms with van der Waals surface area (Å²) >= 11 is 0. The topological polar surface area (TPSA) is 38.3 Å². The lowest BCUT2D eigenvalue weighted by atomic mass is 9.90. The van der Waals surface area contributed by atoms with E-state index in [9.17, 15) is 18.0 Å². The molecule has 0 aliphatic rings. The molecular formula is C22H24F3NO2. The van der Waals surface area contributed by atoms with Crippen molar-refractivity contribution in [3.05, 3.63) is 65.7 Å². The van der Waals surface area contributed by atoms with E-state index in [0.29, 0.717) is 6.54 Å². The Hall–Kier alpha value is -2.76.